The van der Waals surface area contributed by atoms with Crippen LogP contribution in [0.3, 0.4) is 0 Å². The summed E-state index contributed by atoms with van der Waals surface area (Å²) in [6, 6.07) is 9.14. The number of carbonyl (C=O) groups excluding carboxylic acids is 2. The monoisotopic (exact) mass is 537 g/mol. The molecule has 1 saturated carbocycles. The van der Waals surface area contributed by atoms with Crippen molar-refractivity contribution in [1.29, 1.82) is 0 Å². The van der Waals surface area contributed by atoms with Crippen molar-refractivity contribution in [2.75, 3.05) is 14.1 Å². The van der Waals surface area contributed by atoms with Crippen LogP contribution in [0.2, 0.25) is 0 Å². The van der Waals surface area contributed by atoms with Crippen molar-refractivity contribution in [2.24, 2.45) is 5.73 Å². The second kappa shape index (κ2) is 11.7. The summed E-state index contributed by atoms with van der Waals surface area (Å²) in [4.78, 5) is 38.3. The maximum absolute atomic E-state index is 12.5. The van der Waals surface area contributed by atoms with E-state index in [4.69, 9.17) is 15.2 Å². The van der Waals surface area contributed by atoms with Crippen molar-refractivity contribution in [3.05, 3.63) is 52.7 Å². The lowest BCUT2D eigenvalue weighted by Gasteiger charge is -2.32. The van der Waals surface area contributed by atoms with E-state index in [1.165, 1.54) is 4.88 Å². The van der Waals surface area contributed by atoms with Crippen LogP contribution in [0.25, 0.3) is 10.2 Å². The van der Waals surface area contributed by atoms with Gasteiger partial charge in [0.15, 0.2) is 0 Å². The first kappa shape index (κ1) is 26.4. The maximum Gasteiger partial charge on any atom is 0.408 e. The van der Waals surface area contributed by atoms with Gasteiger partial charge >= 0.3 is 6.09 Å². The van der Waals surface area contributed by atoms with Gasteiger partial charge in [-0.25, -0.2) is 14.8 Å². The second-order valence-corrected chi connectivity index (χ2v) is 11.5. The van der Waals surface area contributed by atoms with Crippen LogP contribution in [-0.2, 0) is 22.6 Å². The van der Waals surface area contributed by atoms with E-state index >= 15 is 0 Å². The number of ether oxygens (including phenoxy) is 2. The number of aryl methyl sites for hydroxylation is 1. The number of hydrogen-bond acceptors (Lipinski definition) is 8. The molecule has 3 N–H and O–H groups in total. The highest BCUT2D eigenvalue weighted by atomic mass is 32.1. The van der Waals surface area contributed by atoms with E-state index in [0.29, 0.717) is 18.3 Å². The average molecular weight is 538 g/mol. The van der Waals surface area contributed by atoms with E-state index in [0.717, 1.165) is 59.9 Å². The first-order valence-electron chi connectivity index (χ1n) is 13.2. The van der Waals surface area contributed by atoms with Crippen LogP contribution in [0.4, 0.5) is 4.79 Å². The minimum absolute atomic E-state index is 0.0310. The normalized spacial score (nSPS) is 21.7. The molecule has 0 bridgehead atoms. The van der Waals surface area contributed by atoms with Crippen LogP contribution in [0.15, 0.2) is 36.7 Å². The minimum atomic E-state index is -0.848. The van der Waals surface area contributed by atoms with Crippen LogP contribution < -0.4 is 15.8 Å². The predicted octanol–water partition coefficient (Wildman–Crippen LogP) is 4.14. The van der Waals surface area contributed by atoms with Crippen molar-refractivity contribution < 1.29 is 19.1 Å². The van der Waals surface area contributed by atoms with Crippen molar-refractivity contribution in [3.63, 3.8) is 0 Å². The summed E-state index contributed by atoms with van der Waals surface area (Å²) in [5.41, 5.74) is 7.70. The fraction of sp³-hybridized carbons (Fsp3) is 0.500. The van der Waals surface area contributed by atoms with Gasteiger partial charge in [0.05, 0.1) is 5.39 Å². The van der Waals surface area contributed by atoms with Gasteiger partial charge in [0.25, 0.3) is 0 Å². The second-order valence-electron chi connectivity index (χ2n) is 10.4. The Balaban J connectivity index is 1.29. The van der Waals surface area contributed by atoms with Gasteiger partial charge in [-0.05, 0) is 76.1 Å². The number of alkyl carbamates (subject to hydrolysis) is 1. The molecule has 0 spiro atoms. The summed E-state index contributed by atoms with van der Waals surface area (Å²) in [5.74, 6) is 0.0714. The lowest BCUT2D eigenvalue weighted by molar-refractivity contribution is -0.120. The van der Waals surface area contributed by atoms with Crippen LogP contribution in [-0.4, -0.2) is 59.2 Å². The predicted molar refractivity (Wildman–Crippen MR) is 146 cm³/mol. The third-order valence-corrected chi connectivity index (χ3v) is 8.89. The Morgan fingerprint density at radius 2 is 1.89 bits per heavy atom. The number of nitrogens with zero attached hydrogens (tertiary/aromatic N) is 3. The SMILES string of the molecule is CN(C)C1CCC(Oc2ncnc3sc4c(c23)[C@@H](C[C@H](NC(=O)OCc2ccccc2)C(N)=O)CC4)CC1. The molecule has 38 heavy (non-hydrogen) atoms. The molecule has 0 aliphatic heterocycles. The van der Waals surface area contributed by atoms with Gasteiger partial charge in [0, 0.05) is 10.9 Å². The van der Waals surface area contributed by atoms with Gasteiger partial charge in [-0.15, -0.1) is 11.3 Å². The number of amides is 2. The molecule has 202 valence electrons. The zero-order valence-corrected chi connectivity index (χ0v) is 22.7. The Bertz CT molecular complexity index is 1270. The number of rotatable bonds is 9. The Morgan fingerprint density at radius 3 is 2.61 bits per heavy atom. The van der Waals surface area contributed by atoms with Crippen LogP contribution in [0.5, 0.6) is 5.88 Å². The number of nitrogens with one attached hydrogen (secondary N) is 1. The van der Waals surface area contributed by atoms with E-state index in [1.54, 1.807) is 17.7 Å². The van der Waals surface area contributed by atoms with Crippen molar-refractivity contribution >= 4 is 33.6 Å². The molecule has 2 atom stereocenters. The van der Waals surface area contributed by atoms with E-state index in [-0.39, 0.29) is 18.6 Å². The summed E-state index contributed by atoms with van der Waals surface area (Å²) >= 11 is 1.66. The highest BCUT2D eigenvalue weighted by Gasteiger charge is 2.34. The van der Waals surface area contributed by atoms with Crippen LogP contribution >= 0.6 is 11.3 Å². The first-order chi connectivity index (χ1) is 18.4. The summed E-state index contributed by atoms with van der Waals surface area (Å²) < 4.78 is 11.8. The van der Waals surface area contributed by atoms with Gasteiger partial charge < -0.3 is 25.4 Å². The summed E-state index contributed by atoms with van der Waals surface area (Å²) in [6.45, 7) is 0.120. The smallest absolute Gasteiger partial charge is 0.408 e. The summed E-state index contributed by atoms with van der Waals surface area (Å²) in [5, 5.41) is 3.62. The molecular formula is C28H35N5O4S. The Hall–Kier alpha value is -3.24. The zero-order valence-electron chi connectivity index (χ0n) is 21.9. The Kier molecular flexibility index (Phi) is 8.09. The highest BCUT2D eigenvalue weighted by Crippen LogP contribution is 2.47. The van der Waals surface area contributed by atoms with Gasteiger partial charge in [0.1, 0.15) is 29.9 Å². The molecule has 2 aliphatic rings. The number of thiophene rings is 1. The van der Waals surface area contributed by atoms with Gasteiger partial charge in [-0.3, -0.25) is 4.79 Å². The number of primary amides is 1. The zero-order chi connectivity index (χ0) is 26.6. The molecular weight excluding hydrogens is 502 g/mol. The highest BCUT2D eigenvalue weighted by molar-refractivity contribution is 7.19. The van der Waals surface area contributed by atoms with E-state index in [2.05, 4.69) is 34.3 Å². The van der Waals surface area contributed by atoms with Gasteiger partial charge in [0.2, 0.25) is 11.8 Å². The number of benzene rings is 1. The Labute approximate surface area is 226 Å². The largest absolute Gasteiger partial charge is 0.474 e. The number of aromatic nitrogens is 2. The number of carbonyl (C=O) groups is 2. The fourth-order valence-electron chi connectivity index (χ4n) is 5.64. The molecule has 0 radical (unpaired) electrons. The quantitative estimate of drug-likeness (QED) is 0.421. The molecule has 9 nitrogen and oxygen atoms in total. The molecule has 0 unspecified atom stereocenters. The van der Waals surface area contributed by atoms with Gasteiger partial charge in [-0.1, -0.05) is 30.3 Å². The van der Waals surface area contributed by atoms with Crippen molar-refractivity contribution in [1.82, 2.24) is 20.2 Å². The van der Waals surface area contributed by atoms with E-state index in [1.807, 2.05) is 30.3 Å². The maximum atomic E-state index is 12.5. The topological polar surface area (TPSA) is 120 Å². The standard InChI is InChI=1S/C28H35N5O4S/c1-33(2)19-9-11-20(12-10-19)37-26-24-23-18(8-13-22(23)38-27(24)31-16-30-26)14-21(25(29)34)32-28(35)36-15-17-6-4-3-5-7-17/h3-7,16,18-21H,8-15H2,1-2H3,(H2,29,34)(H,32,35)/t18-,19?,20?,21+/m1/s1. The molecule has 2 amide bonds. The van der Waals surface area contributed by atoms with Gasteiger partial charge in [-0.2, -0.15) is 0 Å². The fourth-order valence-corrected chi connectivity index (χ4v) is 6.87. The third kappa shape index (κ3) is 5.91. The third-order valence-electron chi connectivity index (χ3n) is 7.72. The molecule has 0 saturated heterocycles. The molecule has 5 rings (SSSR count). The summed E-state index contributed by atoms with van der Waals surface area (Å²) in [6.07, 6.45) is 7.35. The van der Waals surface area contributed by atoms with E-state index < -0.39 is 18.0 Å². The van der Waals surface area contributed by atoms with Crippen molar-refractivity contribution in [2.45, 2.75) is 75.7 Å². The molecule has 1 aromatic carbocycles. The number of nitrogens with two attached hydrogens (primary N) is 1. The van der Waals surface area contributed by atoms with Crippen LogP contribution in [0.1, 0.15) is 60.4 Å². The van der Waals surface area contributed by atoms with Crippen molar-refractivity contribution in [3.8, 4) is 5.88 Å². The number of hydrogen-bond donors (Lipinski definition) is 2. The lowest BCUT2D eigenvalue weighted by atomic mass is 9.92. The molecule has 1 fully saturated rings. The molecule has 2 heterocycles. The molecule has 3 aromatic rings. The lowest BCUT2D eigenvalue weighted by Crippen LogP contribution is -2.45. The van der Waals surface area contributed by atoms with E-state index in [9.17, 15) is 9.59 Å². The Morgan fingerprint density at radius 1 is 1.13 bits per heavy atom. The number of fused-ring (bicyclic) bond motifs is 3. The van der Waals surface area contributed by atoms with Crippen LogP contribution in [0, 0.1) is 0 Å². The molecule has 10 heteroatoms. The average Bonchev–Trinajstić information content (AvgIpc) is 3.48. The summed E-state index contributed by atoms with van der Waals surface area (Å²) in [7, 11) is 4.26. The first-order valence-corrected chi connectivity index (χ1v) is 14.1. The molecule has 2 aliphatic carbocycles. The molecule has 2 aromatic heterocycles. The minimum Gasteiger partial charge on any atom is -0.474 e.